The van der Waals surface area contributed by atoms with Crippen LogP contribution >= 0.6 is 0 Å². The largest absolute Gasteiger partial charge is 0.409 e. The van der Waals surface area contributed by atoms with Crippen LogP contribution in [0.3, 0.4) is 0 Å². The molecule has 0 aromatic heterocycles. The Morgan fingerprint density at radius 2 is 1.80 bits per heavy atom. The van der Waals surface area contributed by atoms with Crippen molar-refractivity contribution in [1.29, 1.82) is 0 Å². The smallest absolute Gasteiger partial charge is 0.236 e. The molecule has 0 atom stereocenters. The Morgan fingerprint density at radius 3 is 2.30 bits per heavy atom. The summed E-state index contributed by atoms with van der Waals surface area (Å²) in [5.74, 6) is 0.0629. The lowest BCUT2D eigenvalue weighted by atomic mass is 9.72. The summed E-state index contributed by atoms with van der Waals surface area (Å²) in [4.78, 5) is 16.6. The zero-order valence-electron chi connectivity index (χ0n) is 12.9. The maximum atomic E-state index is 12.7. The number of amidine groups is 1. The molecule has 6 heteroatoms. The molecule has 1 aliphatic rings. The van der Waals surface area contributed by atoms with E-state index >= 15 is 0 Å². The number of hydrogen-bond donors (Lipinski definition) is 2. The van der Waals surface area contributed by atoms with Crippen molar-refractivity contribution in [2.24, 2.45) is 16.3 Å². The fraction of sp³-hybridized carbons (Fsp3) is 0.857. The van der Waals surface area contributed by atoms with E-state index in [4.69, 9.17) is 10.9 Å². The molecule has 6 nitrogen and oxygen atoms in total. The molecule has 0 unspecified atom stereocenters. The summed E-state index contributed by atoms with van der Waals surface area (Å²) in [5, 5.41) is 12.2. The molecule has 1 rings (SSSR count). The fourth-order valence-electron chi connectivity index (χ4n) is 2.92. The Balaban J connectivity index is 2.73. The highest BCUT2D eigenvalue weighted by Crippen LogP contribution is 2.38. The maximum Gasteiger partial charge on any atom is 0.236 e. The number of carbonyl (C=O) groups excluding carboxylic acids is 1. The van der Waals surface area contributed by atoms with Crippen molar-refractivity contribution in [2.45, 2.75) is 38.5 Å². The average Bonchev–Trinajstić information content (AvgIpc) is 2.45. The summed E-state index contributed by atoms with van der Waals surface area (Å²) in [6.07, 6.45) is 5.29. The molecule has 0 bridgehead atoms. The van der Waals surface area contributed by atoms with Crippen molar-refractivity contribution >= 4 is 11.7 Å². The summed E-state index contributed by atoms with van der Waals surface area (Å²) in [7, 11) is 5.83. The van der Waals surface area contributed by atoms with Crippen molar-refractivity contribution in [3.63, 3.8) is 0 Å². The summed E-state index contributed by atoms with van der Waals surface area (Å²) in [6, 6.07) is 0. The van der Waals surface area contributed by atoms with Gasteiger partial charge in [-0.2, -0.15) is 0 Å². The van der Waals surface area contributed by atoms with E-state index in [1.54, 1.807) is 11.9 Å². The van der Waals surface area contributed by atoms with Gasteiger partial charge in [0.2, 0.25) is 5.91 Å². The molecular weight excluding hydrogens is 256 g/mol. The van der Waals surface area contributed by atoms with Crippen LogP contribution in [-0.4, -0.2) is 61.0 Å². The van der Waals surface area contributed by atoms with Gasteiger partial charge in [-0.3, -0.25) is 4.79 Å². The number of oxime groups is 1. The first-order valence-corrected chi connectivity index (χ1v) is 7.32. The molecule has 116 valence electrons. The standard InChI is InChI=1S/C14H28N4O2/c1-17(2)10-7-11-18(3)13(19)14(12(15)16-20)8-5-4-6-9-14/h20H,4-11H2,1-3H3,(H2,15,16). The molecule has 0 heterocycles. The monoisotopic (exact) mass is 284 g/mol. The van der Waals surface area contributed by atoms with Gasteiger partial charge >= 0.3 is 0 Å². The number of carbonyl (C=O) groups is 1. The molecule has 1 fully saturated rings. The first-order valence-electron chi connectivity index (χ1n) is 7.32. The van der Waals surface area contributed by atoms with E-state index in [0.717, 1.165) is 32.2 Å². The van der Waals surface area contributed by atoms with Crippen LogP contribution in [0.1, 0.15) is 38.5 Å². The molecule has 1 aliphatic carbocycles. The molecular formula is C14H28N4O2. The molecule has 0 radical (unpaired) electrons. The number of rotatable bonds is 6. The zero-order valence-corrected chi connectivity index (χ0v) is 12.9. The van der Waals surface area contributed by atoms with Gasteiger partial charge in [0.15, 0.2) is 5.84 Å². The molecule has 0 aliphatic heterocycles. The molecule has 0 saturated heterocycles. The van der Waals surface area contributed by atoms with Gasteiger partial charge in [0, 0.05) is 13.6 Å². The Labute approximate surface area is 121 Å². The van der Waals surface area contributed by atoms with Crippen molar-refractivity contribution in [3.8, 4) is 0 Å². The third-order valence-corrected chi connectivity index (χ3v) is 4.16. The van der Waals surface area contributed by atoms with Gasteiger partial charge < -0.3 is 20.7 Å². The highest BCUT2D eigenvalue weighted by molar-refractivity contribution is 6.06. The van der Waals surface area contributed by atoms with Crippen LogP contribution in [0.15, 0.2) is 5.16 Å². The minimum atomic E-state index is -0.792. The van der Waals surface area contributed by atoms with E-state index in [2.05, 4.69) is 10.1 Å². The van der Waals surface area contributed by atoms with Gasteiger partial charge in [-0.1, -0.05) is 24.4 Å². The van der Waals surface area contributed by atoms with Crippen LogP contribution in [0.4, 0.5) is 0 Å². The second-order valence-electron chi connectivity index (χ2n) is 6.01. The van der Waals surface area contributed by atoms with Crippen molar-refractivity contribution in [3.05, 3.63) is 0 Å². The normalized spacial score (nSPS) is 19.1. The molecule has 0 aromatic rings. The minimum Gasteiger partial charge on any atom is -0.409 e. The molecule has 1 saturated carbocycles. The highest BCUT2D eigenvalue weighted by atomic mass is 16.4. The lowest BCUT2D eigenvalue weighted by Gasteiger charge is -2.37. The van der Waals surface area contributed by atoms with Crippen LogP contribution in [0.2, 0.25) is 0 Å². The second kappa shape index (κ2) is 7.47. The minimum absolute atomic E-state index is 0.00810. The van der Waals surface area contributed by atoms with E-state index in [9.17, 15) is 4.79 Å². The SMILES string of the molecule is CN(C)CCCN(C)C(=O)C1(C(N)=NO)CCCCC1. The summed E-state index contributed by atoms with van der Waals surface area (Å²) in [5.41, 5.74) is 5.05. The van der Waals surface area contributed by atoms with Gasteiger partial charge in [0.25, 0.3) is 0 Å². The lowest BCUT2D eigenvalue weighted by Crippen LogP contribution is -2.51. The number of amides is 1. The second-order valence-corrected chi connectivity index (χ2v) is 6.01. The fourth-order valence-corrected chi connectivity index (χ4v) is 2.92. The van der Waals surface area contributed by atoms with Gasteiger partial charge in [-0.15, -0.1) is 0 Å². The van der Waals surface area contributed by atoms with Crippen molar-refractivity contribution in [2.75, 3.05) is 34.2 Å². The summed E-state index contributed by atoms with van der Waals surface area (Å²) < 4.78 is 0. The van der Waals surface area contributed by atoms with Crippen LogP contribution < -0.4 is 5.73 Å². The van der Waals surface area contributed by atoms with Gasteiger partial charge in [0.05, 0.1) is 0 Å². The Morgan fingerprint density at radius 1 is 1.20 bits per heavy atom. The van der Waals surface area contributed by atoms with Crippen LogP contribution in [0, 0.1) is 5.41 Å². The first kappa shape index (κ1) is 16.8. The first-order chi connectivity index (χ1) is 9.44. The van der Waals surface area contributed by atoms with Crippen molar-refractivity contribution in [1.82, 2.24) is 9.80 Å². The van der Waals surface area contributed by atoms with Crippen LogP contribution in [-0.2, 0) is 4.79 Å². The van der Waals surface area contributed by atoms with E-state index in [-0.39, 0.29) is 11.7 Å². The topological polar surface area (TPSA) is 82.2 Å². The Kier molecular flexibility index (Phi) is 6.26. The van der Waals surface area contributed by atoms with Gasteiger partial charge in [0.1, 0.15) is 5.41 Å². The average molecular weight is 284 g/mol. The number of nitrogens with two attached hydrogens (primary N) is 1. The maximum absolute atomic E-state index is 12.7. The quantitative estimate of drug-likeness (QED) is 0.331. The third-order valence-electron chi connectivity index (χ3n) is 4.16. The number of nitrogens with zero attached hydrogens (tertiary/aromatic N) is 3. The van der Waals surface area contributed by atoms with Gasteiger partial charge in [-0.05, 0) is 39.9 Å². The highest BCUT2D eigenvalue weighted by Gasteiger charge is 2.45. The molecule has 3 N–H and O–H groups in total. The van der Waals surface area contributed by atoms with E-state index in [0.29, 0.717) is 19.4 Å². The summed E-state index contributed by atoms with van der Waals surface area (Å²) in [6.45, 7) is 1.63. The lowest BCUT2D eigenvalue weighted by molar-refractivity contribution is -0.138. The molecule has 20 heavy (non-hydrogen) atoms. The van der Waals surface area contributed by atoms with Gasteiger partial charge in [-0.25, -0.2) is 0 Å². The summed E-state index contributed by atoms with van der Waals surface area (Å²) >= 11 is 0. The molecule has 0 aromatic carbocycles. The Bertz CT molecular complexity index is 349. The number of hydrogen-bond acceptors (Lipinski definition) is 4. The van der Waals surface area contributed by atoms with E-state index < -0.39 is 5.41 Å². The third kappa shape index (κ3) is 3.85. The zero-order chi connectivity index (χ0) is 15.2. The van der Waals surface area contributed by atoms with E-state index in [1.807, 2.05) is 14.1 Å². The molecule has 1 amide bonds. The predicted octanol–water partition coefficient (Wildman–Crippen LogP) is 1.09. The predicted molar refractivity (Wildman–Crippen MR) is 79.7 cm³/mol. The Hall–Kier alpha value is -1.30. The van der Waals surface area contributed by atoms with E-state index in [1.165, 1.54) is 0 Å². The van der Waals surface area contributed by atoms with Crippen LogP contribution in [0.5, 0.6) is 0 Å². The van der Waals surface area contributed by atoms with Crippen LogP contribution in [0.25, 0.3) is 0 Å². The van der Waals surface area contributed by atoms with Crippen molar-refractivity contribution < 1.29 is 10.0 Å². The molecule has 0 spiro atoms.